The second-order valence-corrected chi connectivity index (χ2v) is 5.79. The fourth-order valence-corrected chi connectivity index (χ4v) is 1.62. The van der Waals surface area contributed by atoms with Gasteiger partial charge in [0.2, 0.25) is 0 Å². The molecule has 0 bridgehead atoms. The summed E-state index contributed by atoms with van der Waals surface area (Å²) in [5.74, 6) is 1.95. The van der Waals surface area contributed by atoms with Gasteiger partial charge in [-0.1, -0.05) is 20.8 Å². The molecule has 3 heteroatoms. The van der Waals surface area contributed by atoms with E-state index in [-0.39, 0.29) is 0 Å². The molecule has 1 aromatic heterocycles. The third-order valence-electron chi connectivity index (χ3n) is 2.88. The van der Waals surface area contributed by atoms with Crippen LogP contribution in [-0.2, 0) is 6.42 Å². The Hall–Kier alpha value is -1.12. The third kappa shape index (κ3) is 4.33. The molecule has 0 amide bonds. The van der Waals surface area contributed by atoms with E-state index in [2.05, 4.69) is 56.8 Å². The lowest BCUT2D eigenvalue weighted by Gasteiger charge is -2.18. The molecule has 0 fully saturated rings. The van der Waals surface area contributed by atoms with E-state index in [0.717, 1.165) is 42.3 Å². The number of nitrogens with one attached hydrogen (secondary N) is 1. The van der Waals surface area contributed by atoms with Gasteiger partial charge >= 0.3 is 0 Å². The molecule has 0 aliphatic carbocycles. The Kier molecular flexibility index (Phi) is 4.49. The molecule has 0 aliphatic heterocycles. The molecule has 0 aromatic carbocycles. The van der Waals surface area contributed by atoms with E-state index < -0.39 is 0 Å². The molecule has 0 saturated heterocycles. The quantitative estimate of drug-likeness (QED) is 0.868. The van der Waals surface area contributed by atoms with Crippen molar-refractivity contribution in [3.05, 3.63) is 17.1 Å². The van der Waals surface area contributed by atoms with Crippen LogP contribution in [-0.4, -0.2) is 16.5 Å². The van der Waals surface area contributed by atoms with Crippen LogP contribution >= 0.6 is 0 Å². The van der Waals surface area contributed by atoms with Crippen molar-refractivity contribution in [1.82, 2.24) is 9.97 Å². The summed E-state index contributed by atoms with van der Waals surface area (Å²) in [6.07, 6.45) is 2.06. The Morgan fingerprint density at radius 2 is 1.76 bits per heavy atom. The maximum absolute atomic E-state index is 4.60. The summed E-state index contributed by atoms with van der Waals surface area (Å²) in [6.45, 7) is 13.9. The molecule has 0 spiro atoms. The summed E-state index contributed by atoms with van der Waals surface area (Å²) >= 11 is 0. The molecule has 0 unspecified atom stereocenters. The summed E-state index contributed by atoms with van der Waals surface area (Å²) in [4.78, 5) is 9.17. The molecule has 1 aromatic rings. The predicted molar refractivity (Wildman–Crippen MR) is 73.4 cm³/mol. The fraction of sp³-hybridized carbons (Fsp3) is 0.714. The minimum atomic E-state index is 0.334. The lowest BCUT2D eigenvalue weighted by Crippen LogP contribution is -2.11. The standard InChI is InChI=1S/C14H25N3/c1-7-15-13-10(2)11(3)16-12(17-13)8-9-14(4,5)6/h7-9H2,1-6H3,(H,15,16,17). The van der Waals surface area contributed by atoms with Crippen LogP contribution in [0, 0.1) is 19.3 Å². The average Bonchev–Trinajstić information content (AvgIpc) is 2.21. The maximum atomic E-state index is 4.60. The Bertz CT molecular complexity index is 378. The van der Waals surface area contributed by atoms with Gasteiger partial charge in [-0.3, -0.25) is 0 Å². The summed E-state index contributed by atoms with van der Waals surface area (Å²) in [6, 6.07) is 0. The van der Waals surface area contributed by atoms with E-state index in [1.807, 2.05) is 0 Å². The van der Waals surface area contributed by atoms with Crippen LogP contribution in [0.1, 0.15) is 51.2 Å². The van der Waals surface area contributed by atoms with Gasteiger partial charge in [0.25, 0.3) is 0 Å². The number of hydrogen-bond donors (Lipinski definition) is 1. The summed E-state index contributed by atoms with van der Waals surface area (Å²) in [7, 11) is 0. The van der Waals surface area contributed by atoms with Gasteiger partial charge in [-0.15, -0.1) is 0 Å². The summed E-state index contributed by atoms with van der Waals surface area (Å²) in [5.41, 5.74) is 2.58. The van der Waals surface area contributed by atoms with Crippen molar-refractivity contribution in [3.8, 4) is 0 Å². The normalized spacial score (nSPS) is 11.6. The minimum absolute atomic E-state index is 0.334. The molecule has 17 heavy (non-hydrogen) atoms. The van der Waals surface area contributed by atoms with Crippen molar-refractivity contribution < 1.29 is 0 Å². The second-order valence-electron chi connectivity index (χ2n) is 5.79. The molecule has 1 heterocycles. The number of aryl methyl sites for hydroxylation is 2. The Morgan fingerprint density at radius 1 is 1.12 bits per heavy atom. The molecule has 1 rings (SSSR count). The molecular formula is C14H25N3. The number of rotatable bonds is 4. The average molecular weight is 235 g/mol. The largest absolute Gasteiger partial charge is 0.370 e. The van der Waals surface area contributed by atoms with E-state index in [4.69, 9.17) is 0 Å². The molecule has 0 aliphatic rings. The topological polar surface area (TPSA) is 37.8 Å². The second kappa shape index (κ2) is 5.48. The van der Waals surface area contributed by atoms with Gasteiger partial charge in [0.05, 0.1) is 0 Å². The lowest BCUT2D eigenvalue weighted by atomic mass is 9.90. The number of anilines is 1. The minimum Gasteiger partial charge on any atom is -0.370 e. The molecule has 0 radical (unpaired) electrons. The van der Waals surface area contributed by atoms with Crippen molar-refractivity contribution in [2.75, 3.05) is 11.9 Å². The molecular weight excluding hydrogens is 210 g/mol. The van der Waals surface area contributed by atoms with Gasteiger partial charge in [0.1, 0.15) is 11.6 Å². The van der Waals surface area contributed by atoms with Crippen LogP contribution in [0.25, 0.3) is 0 Å². The number of nitrogens with zero attached hydrogens (tertiary/aromatic N) is 2. The van der Waals surface area contributed by atoms with Gasteiger partial charge < -0.3 is 5.32 Å². The Morgan fingerprint density at radius 3 is 2.29 bits per heavy atom. The van der Waals surface area contributed by atoms with Crippen molar-refractivity contribution >= 4 is 5.82 Å². The van der Waals surface area contributed by atoms with Crippen LogP contribution < -0.4 is 5.32 Å². The van der Waals surface area contributed by atoms with E-state index in [0.29, 0.717) is 5.41 Å². The molecule has 3 nitrogen and oxygen atoms in total. The van der Waals surface area contributed by atoms with Crippen molar-refractivity contribution in [2.24, 2.45) is 5.41 Å². The zero-order chi connectivity index (χ0) is 13.1. The van der Waals surface area contributed by atoms with E-state index in [1.165, 1.54) is 0 Å². The maximum Gasteiger partial charge on any atom is 0.132 e. The van der Waals surface area contributed by atoms with Gasteiger partial charge in [-0.05, 0) is 32.6 Å². The monoisotopic (exact) mass is 235 g/mol. The first-order valence-corrected chi connectivity index (χ1v) is 6.41. The van der Waals surface area contributed by atoms with Crippen molar-refractivity contribution in [3.63, 3.8) is 0 Å². The molecule has 0 saturated carbocycles. The van der Waals surface area contributed by atoms with Gasteiger partial charge in [-0.2, -0.15) is 0 Å². The number of hydrogen-bond acceptors (Lipinski definition) is 3. The van der Waals surface area contributed by atoms with E-state index in [9.17, 15) is 0 Å². The lowest BCUT2D eigenvalue weighted by molar-refractivity contribution is 0.374. The van der Waals surface area contributed by atoms with Crippen LogP contribution in [0.4, 0.5) is 5.82 Å². The molecule has 96 valence electrons. The highest BCUT2D eigenvalue weighted by molar-refractivity contribution is 5.45. The SMILES string of the molecule is CCNc1nc(CCC(C)(C)C)nc(C)c1C. The highest BCUT2D eigenvalue weighted by atomic mass is 15.0. The van der Waals surface area contributed by atoms with E-state index >= 15 is 0 Å². The molecule has 0 atom stereocenters. The zero-order valence-electron chi connectivity index (χ0n) is 12.0. The smallest absolute Gasteiger partial charge is 0.132 e. The Balaban J connectivity index is 2.86. The van der Waals surface area contributed by atoms with Gasteiger partial charge in [-0.25, -0.2) is 9.97 Å². The predicted octanol–water partition coefficient (Wildman–Crippen LogP) is 3.50. The van der Waals surface area contributed by atoms with Crippen molar-refractivity contribution in [2.45, 2.75) is 54.4 Å². The number of aromatic nitrogens is 2. The summed E-state index contributed by atoms with van der Waals surface area (Å²) in [5, 5.41) is 3.30. The van der Waals surface area contributed by atoms with Crippen LogP contribution in [0.5, 0.6) is 0 Å². The van der Waals surface area contributed by atoms with Crippen LogP contribution in [0.2, 0.25) is 0 Å². The van der Waals surface area contributed by atoms with Crippen LogP contribution in [0.15, 0.2) is 0 Å². The highest BCUT2D eigenvalue weighted by Crippen LogP contribution is 2.22. The van der Waals surface area contributed by atoms with E-state index in [1.54, 1.807) is 0 Å². The zero-order valence-corrected chi connectivity index (χ0v) is 12.0. The van der Waals surface area contributed by atoms with Crippen molar-refractivity contribution in [1.29, 1.82) is 0 Å². The third-order valence-corrected chi connectivity index (χ3v) is 2.88. The molecule has 1 N–H and O–H groups in total. The Labute approximate surface area is 105 Å². The van der Waals surface area contributed by atoms with Gasteiger partial charge in [0, 0.05) is 24.2 Å². The first kappa shape index (κ1) is 13.9. The first-order valence-electron chi connectivity index (χ1n) is 6.41. The first-order chi connectivity index (χ1) is 7.83. The highest BCUT2D eigenvalue weighted by Gasteiger charge is 2.13. The van der Waals surface area contributed by atoms with Gasteiger partial charge in [0.15, 0.2) is 0 Å². The van der Waals surface area contributed by atoms with Crippen LogP contribution in [0.3, 0.4) is 0 Å². The summed E-state index contributed by atoms with van der Waals surface area (Å²) < 4.78 is 0. The fourth-order valence-electron chi connectivity index (χ4n) is 1.62.